The number of esters is 1. The summed E-state index contributed by atoms with van der Waals surface area (Å²) >= 11 is 3.49. The summed E-state index contributed by atoms with van der Waals surface area (Å²) in [6.45, 7) is 5.53. The van der Waals surface area contributed by atoms with Gasteiger partial charge < -0.3 is 4.74 Å². The van der Waals surface area contributed by atoms with Gasteiger partial charge in [0.05, 0.1) is 0 Å². The van der Waals surface area contributed by atoms with Crippen LogP contribution in [-0.4, -0.2) is 17.4 Å². The number of hydrogen-bond acceptors (Lipinski definition) is 3. The minimum atomic E-state index is -0.639. The second-order valence-corrected chi connectivity index (χ2v) is 8.22. The number of carbonyl (C=O) groups is 2. The highest BCUT2D eigenvalue weighted by Crippen LogP contribution is 2.50. The summed E-state index contributed by atoms with van der Waals surface area (Å²) in [5, 5.41) is 0. The fraction of sp³-hybridized carbons (Fsp3) is 0.556. The van der Waals surface area contributed by atoms with Gasteiger partial charge in [0.15, 0.2) is 5.78 Å². The number of halogens is 1. The zero-order valence-electron chi connectivity index (χ0n) is 13.2. The van der Waals surface area contributed by atoms with Gasteiger partial charge in [0, 0.05) is 10.0 Å². The maximum atomic E-state index is 12.9. The number of Topliss-reactive ketones (excluding diaryl/α,β-unsaturated/α-hetero) is 1. The van der Waals surface area contributed by atoms with E-state index in [1.807, 2.05) is 39.0 Å². The van der Waals surface area contributed by atoms with Crippen LogP contribution in [0.25, 0.3) is 0 Å². The van der Waals surface area contributed by atoms with Gasteiger partial charge in [-0.15, -0.1) is 0 Å². The summed E-state index contributed by atoms with van der Waals surface area (Å²) in [5.41, 5.74) is 1.23. The molecule has 0 aromatic heterocycles. The van der Waals surface area contributed by atoms with Crippen LogP contribution < -0.4 is 0 Å². The minimum absolute atomic E-state index is 0.0695. The Morgan fingerprint density at radius 1 is 1.27 bits per heavy atom. The molecule has 3 nitrogen and oxygen atoms in total. The minimum Gasteiger partial charge on any atom is -0.459 e. The Morgan fingerprint density at radius 3 is 2.68 bits per heavy atom. The molecule has 0 bridgehead atoms. The van der Waals surface area contributed by atoms with Crippen molar-refractivity contribution in [2.45, 2.75) is 51.6 Å². The molecule has 1 unspecified atom stereocenters. The Labute approximate surface area is 139 Å². The van der Waals surface area contributed by atoms with Crippen molar-refractivity contribution < 1.29 is 14.3 Å². The molecule has 4 heteroatoms. The third-order valence-electron chi connectivity index (χ3n) is 4.62. The number of benzene rings is 1. The molecule has 118 valence electrons. The van der Waals surface area contributed by atoms with E-state index in [9.17, 15) is 9.59 Å². The van der Waals surface area contributed by atoms with Gasteiger partial charge in [-0.05, 0) is 69.2 Å². The third kappa shape index (κ3) is 2.73. The third-order valence-corrected chi connectivity index (χ3v) is 5.11. The SMILES string of the molecule is CC(C)(C)OC(=O)C1C(=O)c2ccc(Br)cc2[C@H]2CCC[C@@H]12. The van der Waals surface area contributed by atoms with E-state index in [1.54, 1.807) is 0 Å². The van der Waals surface area contributed by atoms with Crippen molar-refractivity contribution >= 4 is 27.7 Å². The molecule has 0 amide bonds. The fourth-order valence-corrected chi connectivity index (χ4v) is 4.23. The maximum absolute atomic E-state index is 12.9. The summed E-state index contributed by atoms with van der Waals surface area (Å²) in [6, 6.07) is 5.76. The van der Waals surface area contributed by atoms with Gasteiger partial charge in [-0.3, -0.25) is 9.59 Å². The van der Waals surface area contributed by atoms with Crippen LogP contribution >= 0.6 is 15.9 Å². The van der Waals surface area contributed by atoms with Crippen LogP contribution in [0.3, 0.4) is 0 Å². The first-order valence-electron chi connectivity index (χ1n) is 7.84. The number of carbonyl (C=O) groups excluding carboxylic acids is 2. The lowest BCUT2D eigenvalue weighted by atomic mass is 9.70. The first-order valence-corrected chi connectivity index (χ1v) is 8.64. The standard InChI is InChI=1S/C18H21BrO3/c1-18(2,3)22-17(21)15-12-6-4-5-11(12)14-9-10(19)7-8-13(14)16(15)20/h7-9,11-12,15H,4-6H2,1-3H3/t11-,12+,15?/m0/s1. The molecule has 1 fully saturated rings. The van der Waals surface area contributed by atoms with Crippen molar-refractivity contribution in [3.8, 4) is 0 Å². The van der Waals surface area contributed by atoms with Crippen molar-refractivity contribution in [2.24, 2.45) is 11.8 Å². The van der Waals surface area contributed by atoms with E-state index in [4.69, 9.17) is 4.74 Å². The zero-order chi connectivity index (χ0) is 16.1. The predicted molar refractivity (Wildman–Crippen MR) is 87.9 cm³/mol. The Hall–Kier alpha value is -1.16. The number of ether oxygens (including phenoxy) is 1. The molecule has 2 aliphatic carbocycles. The van der Waals surface area contributed by atoms with Gasteiger partial charge in [-0.1, -0.05) is 22.4 Å². The Balaban J connectivity index is 2.01. The predicted octanol–water partition coefficient (Wildman–Crippen LogP) is 4.49. The van der Waals surface area contributed by atoms with Gasteiger partial charge in [0.25, 0.3) is 0 Å². The average Bonchev–Trinajstić information content (AvgIpc) is 2.85. The smallest absolute Gasteiger partial charge is 0.317 e. The highest BCUT2D eigenvalue weighted by atomic mass is 79.9. The van der Waals surface area contributed by atoms with E-state index in [0.29, 0.717) is 11.5 Å². The molecular formula is C18H21BrO3. The summed E-state index contributed by atoms with van der Waals surface area (Å²) in [4.78, 5) is 25.5. The molecule has 1 aromatic rings. The molecule has 3 atom stereocenters. The van der Waals surface area contributed by atoms with Gasteiger partial charge in [-0.2, -0.15) is 0 Å². The number of hydrogen-bond donors (Lipinski definition) is 0. The van der Waals surface area contributed by atoms with E-state index in [1.165, 1.54) is 0 Å². The molecule has 1 aromatic carbocycles. The van der Waals surface area contributed by atoms with Crippen LogP contribution in [0.1, 0.15) is 61.9 Å². The molecule has 3 rings (SSSR count). The molecular weight excluding hydrogens is 344 g/mol. The second-order valence-electron chi connectivity index (χ2n) is 7.31. The zero-order valence-corrected chi connectivity index (χ0v) is 14.8. The van der Waals surface area contributed by atoms with Crippen molar-refractivity contribution in [1.82, 2.24) is 0 Å². The van der Waals surface area contributed by atoms with Gasteiger partial charge >= 0.3 is 5.97 Å². The monoisotopic (exact) mass is 364 g/mol. The van der Waals surface area contributed by atoms with Crippen molar-refractivity contribution in [3.63, 3.8) is 0 Å². The maximum Gasteiger partial charge on any atom is 0.317 e. The highest BCUT2D eigenvalue weighted by molar-refractivity contribution is 9.10. The molecule has 1 saturated carbocycles. The normalized spacial score (nSPS) is 27.3. The molecule has 2 aliphatic rings. The number of rotatable bonds is 1. The van der Waals surface area contributed by atoms with Crippen molar-refractivity contribution in [3.05, 3.63) is 33.8 Å². The van der Waals surface area contributed by atoms with E-state index >= 15 is 0 Å². The van der Waals surface area contributed by atoms with Crippen LogP contribution in [0.15, 0.2) is 22.7 Å². The lowest BCUT2D eigenvalue weighted by Gasteiger charge is -2.34. The highest BCUT2D eigenvalue weighted by Gasteiger charge is 2.49. The van der Waals surface area contributed by atoms with E-state index in [0.717, 1.165) is 29.3 Å². The first-order chi connectivity index (χ1) is 10.3. The first kappa shape index (κ1) is 15.7. The summed E-state index contributed by atoms with van der Waals surface area (Å²) in [7, 11) is 0. The van der Waals surface area contributed by atoms with E-state index in [2.05, 4.69) is 15.9 Å². The molecule has 22 heavy (non-hydrogen) atoms. The quantitative estimate of drug-likeness (QED) is 0.544. The van der Waals surface area contributed by atoms with Crippen LogP contribution in [-0.2, 0) is 9.53 Å². The fourth-order valence-electron chi connectivity index (χ4n) is 3.85. The van der Waals surface area contributed by atoms with Gasteiger partial charge in [-0.25, -0.2) is 0 Å². The largest absolute Gasteiger partial charge is 0.459 e. The Bertz CT molecular complexity index is 630. The lowest BCUT2D eigenvalue weighted by Crippen LogP contribution is -2.41. The molecule has 0 N–H and O–H groups in total. The van der Waals surface area contributed by atoms with Gasteiger partial charge in [0.2, 0.25) is 0 Å². The van der Waals surface area contributed by atoms with Crippen molar-refractivity contribution in [2.75, 3.05) is 0 Å². The summed E-state index contributed by atoms with van der Waals surface area (Å²) < 4.78 is 6.51. The molecule has 0 saturated heterocycles. The Morgan fingerprint density at radius 2 is 2.00 bits per heavy atom. The van der Waals surface area contributed by atoms with Crippen LogP contribution in [0.5, 0.6) is 0 Å². The van der Waals surface area contributed by atoms with Gasteiger partial charge in [0.1, 0.15) is 11.5 Å². The number of fused-ring (bicyclic) bond motifs is 3. The molecule has 0 radical (unpaired) electrons. The van der Waals surface area contributed by atoms with E-state index in [-0.39, 0.29) is 17.7 Å². The topological polar surface area (TPSA) is 43.4 Å². The lowest BCUT2D eigenvalue weighted by molar-refractivity contribution is -0.160. The molecule has 0 spiro atoms. The van der Waals surface area contributed by atoms with Crippen LogP contribution in [0.2, 0.25) is 0 Å². The Kier molecular flexibility index (Phi) is 3.92. The summed E-state index contributed by atoms with van der Waals surface area (Å²) in [5.74, 6) is -0.685. The van der Waals surface area contributed by atoms with Crippen molar-refractivity contribution in [1.29, 1.82) is 0 Å². The second kappa shape index (κ2) is 5.48. The average molecular weight is 365 g/mol. The summed E-state index contributed by atoms with van der Waals surface area (Å²) in [6.07, 6.45) is 3.03. The number of ketones is 1. The van der Waals surface area contributed by atoms with Crippen LogP contribution in [0, 0.1) is 11.8 Å². The van der Waals surface area contributed by atoms with Crippen LogP contribution in [0.4, 0.5) is 0 Å². The molecule has 0 heterocycles. The molecule has 0 aliphatic heterocycles. The van der Waals surface area contributed by atoms with E-state index < -0.39 is 11.5 Å².